The number of nitrogens with one attached hydrogen (secondary N) is 1. The topological polar surface area (TPSA) is 110 Å². The predicted octanol–water partition coefficient (Wildman–Crippen LogP) is 3.40. The summed E-state index contributed by atoms with van der Waals surface area (Å²) in [6.45, 7) is 3.05. The van der Waals surface area contributed by atoms with Crippen molar-refractivity contribution < 1.29 is 14.8 Å². The van der Waals surface area contributed by atoms with Crippen molar-refractivity contribution in [2.75, 3.05) is 0 Å². The van der Waals surface area contributed by atoms with Crippen LogP contribution in [0, 0.1) is 17.0 Å². The maximum atomic E-state index is 11.7. The van der Waals surface area contributed by atoms with Crippen molar-refractivity contribution in [2.45, 2.75) is 13.8 Å². The molecule has 0 radical (unpaired) electrons. The number of aryl methyl sites for hydroxylation is 1. The Labute approximate surface area is 119 Å². The van der Waals surface area contributed by atoms with Gasteiger partial charge in [-0.25, -0.2) is 0 Å². The van der Waals surface area contributed by atoms with Crippen molar-refractivity contribution in [1.29, 1.82) is 0 Å². The molecule has 1 aromatic carbocycles. The highest BCUT2D eigenvalue weighted by molar-refractivity contribution is 6.03. The Balaban J connectivity index is 2.66. The molecular formula is C13H12N4O4. The van der Waals surface area contributed by atoms with E-state index in [0.717, 1.165) is 5.56 Å². The van der Waals surface area contributed by atoms with Crippen molar-refractivity contribution in [1.82, 2.24) is 4.98 Å². The maximum Gasteiger partial charge on any atom is 0.314 e. The minimum Gasteiger partial charge on any atom is -0.356 e. The first kappa shape index (κ1) is 14.4. The number of rotatable bonds is 5. The molecule has 0 aliphatic heterocycles. The molecule has 1 heterocycles. The maximum absolute atomic E-state index is 11.7. The van der Waals surface area contributed by atoms with E-state index in [1.807, 2.05) is 11.4 Å². The molecule has 2 aromatic rings. The number of aromatic nitrogens is 1. The van der Waals surface area contributed by atoms with Gasteiger partial charge in [-0.3, -0.25) is 4.79 Å². The number of carbonyl (C=O) groups excluding carboxylic acids is 1. The molecule has 2 rings (SSSR count). The number of Topliss-reactive ketones (excluding diaryl/α,β-unsaturated/α-hetero) is 1. The van der Waals surface area contributed by atoms with E-state index in [4.69, 9.17) is 0 Å². The van der Waals surface area contributed by atoms with Crippen LogP contribution >= 0.6 is 0 Å². The third-order valence-corrected chi connectivity index (χ3v) is 2.86. The molecule has 8 heteroatoms. The van der Waals surface area contributed by atoms with Gasteiger partial charge in [0.15, 0.2) is 5.78 Å². The highest BCUT2D eigenvalue weighted by Gasteiger charge is 2.21. The second kappa shape index (κ2) is 5.95. The Morgan fingerprint density at radius 2 is 2.00 bits per heavy atom. The minimum absolute atomic E-state index is 0.102. The number of H-pyrrole nitrogens is 1. The smallest absolute Gasteiger partial charge is 0.314 e. The lowest BCUT2D eigenvalue weighted by Crippen LogP contribution is -1.98. The molecule has 0 spiro atoms. The van der Waals surface area contributed by atoms with Crippen LogP contribution in [-0.4, -0.2) is 15.8 Å². The predicted molar refractivity (Wildman–Crippen MR) is 73.6 cm³/mol. The lowest BCUT2D eigenvalue weighted by Gasteiger charge is -2.01. The van der Waals surface area contributed by atoms with Gasteiger partial charge in [0.05, 0.1) is 16.3 Å². The molecule has 0 saturated carbocycles. The monoisotopic (exact) mass is 288 g/mol. The summed E-state index contributed by atoms with van der Waals surface area (Å²) >= 11 is 0. The standard InChI is InChI=1S/C13H12N4O4/c1-8-11(9(2)18)13(15-17(20)21-16-19)12(14-8)10-6-4-3-5-7-10/h3-7,14H,1-2H3. The van der Waals surface area contributed by atoms with Crippen LogP contribution in [0.3, 0.4) is 0 Å². The summed E-state index contributed by atoms with van der Waals surface area (Å²) in [5.74, 6) is -0.267. The summed E-state index contributed by atoms with van der Waals surface area (Å²) in [4.78, 5) is 28.5. The van der Waals surface area contributed by atoms with Crippen LogP contribution in [0.5, 0.6) is 0 Å². The van der Waals surface area contributed by atoms with E-state index in [2.05, 4.69) is 15.0 Å². The molecule has 0 aliphatic carbocycles. The molecule has 0 unspecified atom stereocenters. The van der Waals surface area contributed by atoms with Crippen LogP contribution in [-0.2, 0) is 4.94 Å². The molecule has 0 aliphatic rings. The third kappa shape index (κ3) is 2.94. The summed E-state index contributed by atoms with van der Waals surface area (Å²) in [5, 5.41) is 16.5. The van der Waals surface area contributed by atoms with E-state index in [1.54, 1.807) is 31.2 Å². The molecule has 0 amide bonds. The summed E-state index contributed by atoms with van der Waals surface area (Å²) in [5.41, 5.74) is 2.13. The van der Waals surface area contributed by atoms with E-state index in [0.29, 0.717) is 11.4 Å². The van der Waals surface area contributed by atoms with Crippen LogP contribution < -0.4 is 0 Å². The average molecular weight is 288 g/mol. The van der Waals surface area contributed by atoms with Crippen LogP contribution in [0.4, 0.5) is 5.69 Å². The Kier molecular flexibility index (Phi) is 4.07. The van der Waals surface area contributed by atoms with Crippen molar-refractivity contribution in [3.63, 3.8) is 0 Å². The van der Waals surface area contributed by atoms with E-state index < -0.39 is 0 Å². The fourth-order valence-corrected chi connectivity index (χ4v) is 2.08. The minimum atomic E-state index is -0.339. The molecule has 0 bridgehead atoms. The van der Waals surface area contributed by atoms with E-state index in [9.17, 15) is 14.9 Å². The first-order chi connectivity index (χ1) is 10.0. The molecule has 0 saturated heterocycles. The zero-order valence-corrected chi connectivity index (χ0v) is 11.4. The van der Waals surface area contributed by atoms with Crippen LogP contribution in [0.2, 0.25) is 0 Å². The van der Waals surface area contributed by atoms with Crippen LogP contribution in [0.15, 0.2) is 40.8 Å². The molecule has 0 atom stereocenters. The van der Waals surface area contributed by atoms with Gasteiger partial charge >= 0.3 is 5.34 Å². The van der Waals surface area contributed by atoms with E-state index in [1.165, 1.54) is 6.92 Å². The van der Waals surface area contributed by atoms with E-state index in [-0.39, 0.29) is 22.1 Å². The van der Waals surface area contributed by atoms with Gasteiger partial charge in [0.25, 0.3) is 0 Å². The highest BCUT2D eigenvalue weighted by atomic mass is 17.0. The summed E-state index contributed by atoms with van der Waals surface area (Å²) < 4.78 is 0. The quantitative estimate of drug-likeness (QED) is 0.393. The highest BCUT2D eigenvalue weighted by Crippen LogP contribution is 2.35. The number of hydrogen-bond acceptors (Lipinski definition) is 6. The number of carbonyl (C=O) groups is 1. The number of ketones is 1. The zero-order chi connectivity index (χ0) is 15.4. The lowest BCUT2D eigenvalue weighted by atomic mass is 10.1. The zero-order valence-electron chi connectivity index (χ0n) is 11.4. The van der Waals surface area contributed by atoms with Gasteiger partial charge in [-0.05, 0) is 19.0 Å². The fourth-order valence-electron chi connectivity index (χ4n) is 2.08. The molecule has 8 nitrogen and oxygen atoms in total. The molecule has 108 valence electrons. The summed E-state index contributed by atoms with van der Waals surface area (Å²) in [6.07, 6.45) is 0. The second-order valence-corrected chi connectivity index (χ2v) is 4.26. The first-order valence-electron chi connectivity index (χ1n) is 6.02. The normalized spacial score (nSPS) is 11.2. The Hall–Kier alpha value is -3.03. The van der Waals surface area contributed by atoms with Gasteiger partial charge in [0, 0.05) is 16.2 Å². The van der Waals surface area contributed by atoms with Gasteiger partial charge < -0.3 is 10.2 Å². The first-order valence-corrected chi connectivity index (χ1v) is 6.02. The van der Waals surface area contributed by atoms with Gasteiger partial charge in [-0.1, -0.05) is 30.3 Å². The Morgan fingerprint density at radius 1 is 1.33 bits per heavy atom. The number of hydrogen-bond donors (Lipinski definition) is 1. The van der Waals surface area contributed by atoms with E-state index >= 15 is 0 Å². The molecule has 1 aromatic heterocycles. The van der Waals surface area contributed by atoms with Crippen molar-refractivity contribution in [3.05, 3.63) is 51.7 Å². The Morgan fingerprint density at radius 3 is 2.57 bits per heavy atom. The van der Waals surface area contributed by atoms with Crippen molar-refractivity contribution in [3.8, 4) is 11.3 Å². The van der Waals surface area contributed by atoms with Crippen molar-refractivity contribution in [2.24, 2.45) is 10.5 Å². The largest absolute Gasteiger partial charge is 0.356 e. The Bertz CT molecular complexity index is 706. The molecule has 0 fully saturated rings. The van der Waals surface area contributed by atoms with Crippen LogP contribution in [0.1, 0.15) is 23.0 Å². The fraction of sp³-hybridized carbons (Fsp3) is 0.154. The number of aromatic amines is 1. The lowest BCUT2D eigenvalue weighted by molar-refractivity contribution is -0.790. The summed E-state index contributed by atoms with van der Waals surface area (Å²) in [7, 11) is 0. The second-order valence-electron chi connectivity index (χ2n) is 4.26. The summed E-state index contributed by atoms with van der Waals surface area (Å²) in [6, 6.07) is 9.04. The van der Waals surface area contributed by atoms with Gasteiger partial charge in [-0.15, -0.1) is 0 Å². The number of nitrogens with zero attached hydrogens (tertiary/aromatic N) is 3. The van der Waals surface area contributed by atoms with Gasteiger partial charge in [-0.2, -0.15) is 4.94 Å². The van der Waals surface area contributed by atoms with Gasteiger partial charge in [0.1, 0.15) is 5.69 Å². The van der Waals surface area contributed by atoms with Crippen molar-refractivity contribution >= 4 is 11.5 Å². The van der Waals surface area contributed by atoms with Gasteiger partial charge in [0.2, 0.25) is 0 Å². The molecule has 1 N–H and O–H groups in total. The molecule has 21 heavy (non-hydrogen) atoms. The number of benzene rings is 1. The molecular weight excluding hydrogens is 276 g/mol. The average Bonchev–Trinajstić information content (AvgIpc) is 2.76. The SMILES string of the molecule is CC(=O)c1c(C)[nH]c(-c2ccccc2)c1N=[N+]([O-])ON=O. The third-order valence-electron chi connectivity index (χ3n) is 2.86. The van der Waals surface area contributed by atoms with Crippen LogP contribution in [0.25, 0.3) is 11.3 Å².